The molecule has 54 heavy (non-hydrogen) atoms. The summed E-state index contributed by atoms with van der Waals surface area (Å²) in [5, 5.41) is 0. The van der Waals surface area contributed by atoms with Crippen LogP contribution in [0, 0.1) is 69.2 Å². The highest BCUT2D eigenvalue weighted by molar-refractivity contribution is 6.30. The fourth-order valence-corrected chi connectivity index (χ4v) is 8.75. The summed E-state index contributed by atoms with van der Waals surface area (Å²) in [6.07, 6.45) is 2.35. The maximum atomic E-state index is 15.8. The predicted octanol–water partition coefficient (Wildman–Crippen LogP) is 11.9. The Balaban J connectivity index is 1.52. The first kappa shape index (κ1) is 37.0. The minimum absolute atomic E-state index is 0.0176. The van der Waals surface area contributed by atoms with Gasteiger partial charge in [0.15, 0.2) is 11.6 Å². The van der Waals surface area contributed by atoms with E-state index >= 15 is 9.59 Å². The van der Waals surface area contributed by atoms with Crippen molar-refractivity contribution in [2.45, 2.75) is 94.9 Å². The molecule has 2 heteroatoms. The number of benzene rings is 6. The Labute approximate surface area is 322 Å². The maximum Gasteiger partial charge on any atom is 0.195 e. The molecule has 0 N–H and O–H groups in total. The lowest BCUT2D eigenvalue weighted by molar-refractivity contribution is 0.0976. The van der Waals surface area contributed by atoms with Gasteiger partial charge in [-0.15, -0.1) is 0 Å². The molecule has 7 rings (SSSR count). The minimum Gasteiger partial charge on any atom is -0.289 e. The summed E-state index contributed by atoms with van der Waals surface area (Å²) < 4.78 is 0. The normalized spacial score (nSPS) is 12.3. The number of ketones is 2. The molecule has 1 aliphatic rings. The third-order valence-corrected chi connectivity index (χ3v) is 12.3. The van der Waals surface area contributed by atoms with Gasteiger partial charge in [0.2, 0.25) is 0 Å². The Bertz CT molecular complexity index is 2350. The molecule has 0 heterocycles. The van der Waals surface area contributed by atoms with Gasteiger partial charge in [-0.2, -0.15) is 0 Å². The number of carbonyl (C=O) groups is 2. The average molecular weight is 709 g/mol. The molecular weight excluding hydrogens is 657 g/mol. The molecule has 0 saturated heterocycles. The third kappa shape index (κ3) is 6.68. The van der Waals surface area contributed by atoms with Crippen LogP contribution in [0.25, 0.3) is 0 Å². The molecule has 0 bridgehead atoms. The molecular formula is C52H52O2. The van der Waals surface area contributed by atoms with Crippen LogP contribution in [0.3, 0.4) is 0 Å². The quantitative estimate of drug-likeness (QED) is 0.157. The number of hydrogen-bond donors (Lipinski definition) is 0. The van der Waals surface area contributed by atoms with Gasteiger partial charge in [0.05, 0.1) is 0 Å². The van der Waals surface area contributed by atoms with Gasteiger partial charge >= 0.3 is 0 Å². The fourth-order valence-electron chi connectivity index (χ4n) is 8.75. The van der Waals surface area contributed by atoms with Crippen LogP contribution in [-0.4, -0.2) is 11.6 Å². The lowest BCUT2D eigenvalue weighted by Gasteiger charge is -2.29. The van der Waals surface area contributed by atoms with Gasteiger partial charge in [-0.1, -0.05) is 96.1 Å². The largest absolute Gasteiger partial charge is 0.289 e. The SMILES string of the molecule is Cc1ccc(Cc2c(C)cc(Cc3cccc(C)c3C)c3c2C(=O)c2c(Cc4ccc(C)cc4C)c(C)cc(Cc4cccc(C)c4C)c2C3=O)c(C)c1. The van der Waals surface area contributed by atoms with Gasteiger partial charge in [-0.3, -0.25) is 9.59 Å². The van der Waals surface area contributed by atoms with Crippen molar-refractivity contribution in [1.82, 2.24) is 0 Å². The molecule has 0 radical (unpaired) electrons. The summed E-state index contributed by atoms with van der Waals surface area (Å²) in [4.78, 5) is 31.4. The Morgan fingerprint density at radius 2 is 0.722 bits per heavy atom. The van der Waals surface area contributed by atoms with Crippen LogP contribution >= 0.6 is 0 Å². The van der Waals surface area contributed by atoms with Crippen molar-refractivity contribution in [3.8, 4) is 0 Å². The zero-order chi connectivity index (χ0) is 38.6. The molecule has 0 atom stereocenters. The Morgan fingerprint density at radius 3 is 1.11 bits per heavy atom. The van der Waals surface area contributed by atoms with Gasteiger partial charge in [-0.05, 0) is 184 Å². The maximum absolute atomic E-state index is 15.8. The lowest BCUT2D eigenvalue weighted by Crippen LogP contribution is -2.29. The highest BCUT2D eigenvalue weighted by Gasteiger charge is 2.38. The lowest BCUT2D eigenvalue weighted by atomic mass is 9.71. The second kappa shape index (κ2) is 14.5. The van der Waals surface area contributed by atoms with Crippen LogP contribution < -0.4 is 0 Å². The zero-order valence-electron chi connectivity index (χ0n) is 33.7. The number of rotatable bonds is 8. The van der Waals surface area contributed by atoms with E-state index in [0.717, 1.165) is 33.4 Å². The molecule has 0 unspecified atom stereocenters. The first-order chi connectivity index (χ1) is 25.7. The summed E-state index contributed by atoms with van der Waals surface area (Å²) in [7, 11) is 0. The van der Waals surface area contributed by atoms with E-state index in [0.29, 0.717) is 47.9 Å². The van der Waals surface area contributed by atoms with Gasteiger partial charge in [0, 0.05) is 22.3 Å². The van der Waals surface area contributed by atoms with Crippen LogP contribution in [0.15, 0.2) is 84.9 Å². The van der Waals surface area contributed by atoms with E-state index in [1.165, 1.54) is 66.8 Å². The Kier molecular flexibility index (Phi) is 9.92. The van der Waals surface area contributed by atoms with E-state index < -0.39 is 0 Å². The fraction of sp³-hybridized carbons (Fsp3) is 0.269. The molecule has 272 valence electrons. The van der Waals surface area contributed by atoms with Gasteiger partial charge < -0.3 is 0 Å². The average Bonchev–Trinajstić information content (AvgIpc) is 3.11. The Hall–Kier alpha value is -5.34. The highest BCUT2D eigenvalue weighted by atomic mass is 16.1. The number of hydrogen-bond acceptors (Lipinski definition) is 2. The molecule has 0 fully saturated rings. The first-order valence-corrected chi connectivity index (χ1v) is 19.4. The summed E-state index contributed by atoms with van der Waals surface area (Å²) in [6.45, 7) is 21.3. The van der Waals surface area contributed by atoms with Crippen molar-refractivity contribution in [2.75, 3.05) is 0 Å². The van der Waals surface area contributed by atoms with Crippen LogP contribution in [-0.2, 0) is 25.7 Å². The number of fused-ring (bicyclic) bond motifs is 2. The summed E-state index contributed by atoms with van der Waals surface area (Å²) in [5.74, 6) is -0.0417. The van der Waals surface area contributed by atoms with Gasteiger partial charge in [0.1, 0.15) is 0 Å². The Morgan fingerprint density at radius 1 is 0.333 bits per heavy atom. The van der Waals surface area contributed by atoms with E-state index in [9.17, 15) is 0 Å². The van der Waals surface area contributed by atoms with Crippen molar-refractivity contribution < 1.29 is 9.59 Å². The van der Waals surface area contributed by atoms with Crippen molar-refractivity contribution in [2.24, 2.45) is 0 Å². The molecule has 0 saturated carbocycles. The zero-order valence-corrected chi connectivity index (χ0v) is 33.7. The summed E-state index contributed by atoms with van der Waals surface area (Å²) >= 11 is 0. The summed E-state index contributed by atoms with van der Waals surface area (Å²) in [5.41, 5.74) is 22.7. The van der Waals surface area contributed by atoms with E-state index in [-0.39, 0.29) is 11.6 Å². The second-order valence-electron chi connectivity index (χ2n) is 16.1. The van der Waals surface area contributed by atoms with Crippen molar-refractivity contribution >= 4 is 11.6 Å². The molecule has 6 aromatic rings. The first-order valence-electron chi connectivity index (χ1n) is 19.4. The number of carbonyl (C=O) groups excluding carboxylic acids is 2. The van der Waals surface area contributed by atoms with Gasteiger partial charge in [-0.25, -0.2) is 0 Å². The van der Waals surface area contributed by atoms with E-state index in [1.807, 2.05) is 0 Å². The summed E-state index contributed by atoms with van der Waals surface area (Å²) in [6, 6.07) is 30.3. The van der Waals surface area contributed by atoms with E-state index in [1.54, 1.807) is 0 Å². The second-order valence-corrected chi connectivity index (χ2v) is 16.1. The molecule has 2 nitrogen and oxygen atoms in total. The van der Waals surface area contributed by atoms with Crippen molar-refractivity contribution in [1.29, 1.82) is 0 Å². The van der Waals surface area contributed by atoms with Crippen LogP contribution in [0.5, 0.6) is 0 Å². The minimum atomic E-state index is -0.0241. The number of aryl methyl sites for hydroxylation is 8. The topological polar surface area (TPSA) is 34.1 Å². The molecule has 1 aliphatic carbocycles. The standard InChI is InChI=1S/C52H52O2/c1-29-17-19-39(33(5)21-29)27-45-35(7)23-43(25-41-15-11-13-31(3)37(41)9)47-49(45)52(54)50-46(28-40-20-18-30(2)22-34(40)6)36(8)24-44(48(50)51(47)53)26-42-16-12-14-32(4)38(42)10/h11-24H,25-28H2,1-10H3. The molecule has 0 aliphatic heterocycles. The predicted molar refractivity (Wildman–Crippen MR) is 224 cm³/mol. The molecule has 0 amide bonds. The van der Waals surface area contributed by atoms with Crippen molar-refractivity contribution in [3.05, 3.63) is 207 Å². The van der Waals surface area contributed by atoms with Gasteiger partial charge in [0.25, 0.3) is 0 Å². The molecule has 6 aromatic carbocycles. The van der Waals surface area contributed by atoms with Crippen LogP contribution in [0.2, 0.25) is 0 Å². The van der Waals surface area contributed by atoms with E-state index in [4.69, 9.17) is 0 Å². The third-order valence-electron chi connectivity index (χ3n) is 12.3. The smallest absolute Gasteiger partial charge is 0.195 e. The monoisotopic (exact) mass is 708 g/mol. The van der Waals surface area contributed by atoms with Crippen LogP contribution in [0.4, 0.5) is 0 Å². The van der Waals surface area contributed by atoms with Crippen LogP contribution in [0.1, 0.15) is 132 Å². The molecule has 0 spiro atoms. The van der Waals surface area contributed by atoms with E-state index in [2.05, 4.69) is 154 Å². The van der Waals surface area contributed by atoms with Crippen molar-refractivity contribution in [3.63, 3.8) is 0 Å². The molecule has 0 aromatic heterocycles. The highest BCUT2D eigenvalue weighted by Crippen LogP contribution is 2.41.